The van der Waals surface area contributed by atoms with Crippen molar-refractivity contribution in [1.29, 1.82) is 0 Å². The second kappa shape index (κ2) is 14.8. The van der Waals surface area contributed by atoms with Gasteiger partial charge in [-0.15, -0.1) is 0 Å². The molecule has 44 heavy (non-hydrogen) atoms. The van der Waals surface area contributed by atoms with Gasteiger partial charge in [0.1, 0.15) is 12.6 Å². The van der Waals surface area contributed by atoms with Gasteiger partial charge in [0.15, 0.2) is 0 Å². The topological polar surface area (TPSA) is 86.8 Å². The van der Waals surface area contributed by atoms with E-state index in [2.05, 4.69) is 5.32 Å². The van der Waals surface area contributed by atoms with E-state index in [1.165, 1.54) is 4.90 Å². The monoisotopic (exact) mass is 611 g/mol. The zero-order valence-corrected chi connectivity index (χ0v) is 26.6. The zero-order chi connectivity index (χ0) is 31.7. The van der Waals surface area contributed by atoms with Crippen LogP contribution in [-0.4, -0.2) is 44.3 Å². The van der Waals surface area contributed by atoms with Crippen LogP contribution < -0.4 is 9.62 Å². The van der Waals surface area contributed by atoms with Crippen molar-refractivity contribution in [2.24, 2.45) is 5.92 Å². The van der Waals surface area contributed by atoms with Crippen LogP contribution in [0.25, 0.3) is 0 Å². The van der Waals surface area contributed by atoms with Crippen LogP contribution in [0.1, 0.15) is 36.1 Å². The molecule has 8 heteroatoms. The highest BCUT2D eigenvalue weighted by Gasteiger charge is 2.34. The summed E-state index contributed by atoms with van der Waals surface area (Å²) in [6.45, 7) is 7.99. The molecule has 4 aromatic rings. The summed E-state index contributed by atoms with van der Waals surface area (Å²) in [5.41, 5.74) is 4.05. The number of carbonyl (C=O) groups excluding carboxylic acids is 2. The summed E-state index contributed by atoms with van der Waals surface area (Å²) in [6, 6.07) is 31.6. The van der Waals surface area contributed by atoms with Gasteiger partial charge in [-0.3, -0.25) is 13.9 Å². The van der Waals surface area contributed by atoms with E-state index in [1.807, 2.05) is 82.3 Å². The molecular formula is C36H41N3O4S. The van der Waals surface area contributed by atoms with Crippen molar-refractivity contribution in [1.82, 2.24) is 10.2 Å². The van der Waals surface area contributed by atoms with Crippen LogP contribution in [0.2, 0.25) is 0 Å². The van der Waals surface area contributed by atoms with E-state index in [-0.39, 0.29) is 29.7 Å². The number of nitrogens with one attached hydrogen (secondary N) is 1. The lowest BCUT2D eigenvalue weighted by atomic mass is 10.0. The highest BCUT2D eigenvalue weighted by Crippen LogP contribution is 2.25. The molecule has 1 N–H and O–H groups in total. The number of sulfonamides is 1. The van der Waals surface area contributed by atoms with E-state index in [0.29, 0.717) is 12.2 Å². The Kier molecular flexibility index (Phi) is 11.0. The standard InChI is InChI=1S/C36H41N3O4S/c1-27(2)24-37-36(41)34(23-30-13-7-5-8-14-30)38(25-31-15-11-12-29(4)22-31)35(40)26-39(32-16-9-6-10-17-32)44(42,43)33-20-18-28(3)19-21-33/h5-22,27,34H,23-26H2,1-4H3,(H,37,41). The van der Waals surface area contributed by atoms with Gasteiger partial charge in [0.25, 0.3) is 10.0 Å². The molecule has 1 unspecified atom stereocenters. The molecule has 0 heterocycles. The smallest absolute Gasteiger partial charge is 0.264 e. The minimum absolute atomic E-state index is 0.0838. The number of carbonyl (C=O) groups is 2. The Hall–Kier alpha value is -4.43. The van der Waals surface area contributed by atoms with Crippen molar-refractivity contribution >= 4 is 27.5 Å². The molecule has 0 aromatic heterocycles. The number of anilines is 1. The highest BCUT2D eigenvalue weighted by atomic mass is 32.2. The van der Waals surface area contributed by atoms with Crippen LogP contribution in [0.5, 0.6) is 0 Å². The molecule has 0 spiro atoms. The van der Waals surface area contributed by atoms with Gasteiger partial charge in [0.05, 0.1) is 10.6 Å². The van der Waals surface area contributed by atoms with Crippen molar-refractivity contribution in [2.45, 2.75) is 51.6 Å². The van der Waals surface area contributed by atoms with Crippen LogP contribution in [0.15, 0.2) is 114 Å². The number of amides is 2. The van der Waals surface area contributed by atoms with Crippen molar-refractivity contribution in [2.75, 3.05) is 17.4 Å². The summed E-state index contributed by atoms with van der Waals surface area (Å²) in [5.74, 6) is -0.548. The van der Waals surface area contributed by atoms with E-state index in [9.17, 15) is 18.0 Å². The van der Waals surface area contributed by atoms with Gasteiger partial charge in [0.2, 0.25) is 11.8 Å². The quantitative estimate of drug-likeness (QED) is 0.204. The summed E-state index contributed by atoms with van der Waals surface area (Å²) in [6.07, 6.45) is 0.276. The van der Waals surface area contributed by atoms with E-state index < -0.39 is 28.5 Å². The Morgan fingerprint density at radius 3 is 1.98 bits per heavy atom. The highest BCUT2D eigenvalue weighted by molar-refractivity contribution is 7.92. The van der Waals surface area contributed by atoms with Crippen LogP contribution in [0.3, 0.4) is 0 Å². The Balaban J connectivity index is 1.78. The molecule has 0 aliphatic carbocycles. The Morgan fingerprint density at radius 2 is 1.36 bits per heavy atom. The maximum atomic E-state index is 14.5. The van der Waals surface area contributed by atoms with Gasteiger partial charge < -0.3 is 10.2 Å². The van der Waals surface area contributed by atoms with Crippen LogP contribution in [0.4, 0.5) is 5.69 Å². The SMILES string of the molecule is Cc1ccc(S(=O)(=O)N(CC(=O)N(Cc2cccc(C)c2)C(Cc2ccccc2)C(=O)NCC(C)C)c2ccccc2)cc1. The first-order valence-corrected chi connectivity index (χ1v) is 16.3. The second-order valence-electron chi connectivity index (χ2n) is 11.5. The molecule has 0 saturated heterocycles. The molecule has 0 radical (unpaired) electrons. The van der Waals surface area contributed by atoms with Gasteiger partial charge in [-0.2, -0.15) is 0 Å². The fourth-order valence-electron chi connectivity index (χ4n) is 4.94. The van der Waals surface area contributed by atoms with E-state index in [1.54, 1.807) is 54.6 Å². The molecule has 0 aliphatic rings. The Morgan fingerprint density at radius 1 is 0.750 bits per heavy atom. The molecule has 0 bridgehead atoms. The summed E-state index contributed by atoms with van der Waals surface area (Å²) < 4.78 is 29.2. The predicted octanol–water partition coefficient (Wildman–Crippen LogP) is 5.91. The zero-order valence-electron chi connectivity index (χ0n) is 25.8. The summed E-state index contributed by atoms with van der Waals surface area (Å²) in [5, 5.41) is 3.02. The third-order valence-electron chi connectivity index (χ3n) is 7.32. The van der Waals surface area contributed by atoms with Crippen molar-refractivity contribution < 1.29 is 18.0 Å². The molecule has 2 amide bonds. The number of para-hydroxylation sites is 1. The van der Waals surface area contributed by atoms with Crippen molar-refractivity contribution in [3.05, 3.63) is 131 Å². The Labute approximate surface area is 261 Å². The number of benzene rings is 4. The van der Waals surface area contributed by atoms with Gasteiger partial charge in [-0.1, -0.05) is 110 Å². The lowest BCUT2D eigenvalue weighted by Crippen LogP contribution is -2.53. The van der Waals surface area contributed by atoms with E-state index >= 15 is 0 Å². The minimum atomic E-state index is -4.12. The van der Waals surface area contributed by atoms with Crippen LogP contribution >= 0.6 is 0 Å². The first-order valence-electron chi connectivity index (χ1n) is 14.9. The first-order chi connectivity index (χ1) is 21.0. The molecule has 0 aliphatic heterocycles. The maximum Gasteiger partial charge on any atom is 0.264 e. The number of hydrogen-bond acceptors (Lipinski definition) is 4. The molecule has 0 fully saturated rings. The Bertz CT molecular complexity index is 1640. The molecule has 1 atom stereocenters. The van der Waals surface area contributed by atoms with Gasteiger partial charge >= 0.3 is 0 Å². The number of hydrogen-bond donors (Lipinski definition) is 1. The van der Waals surface area contributed by atoms with E-state index in [4.69, 9.17) is 0 Å². The number of aryl methyl sites for hydroxylation is 2. The summed E-state index contributed by atoms with van der Waals surface area (Å²) in [7, 11) is -4.12. The lowest BCUT2D eigenvalue weighted by molar-refractivity contribution is -0.140. The molecule has 230 valence electrons. The number of nitrogens with zero attached hydrogens (tertiary/aromatic N) is 2. The molecular weight excluding hydrogens is 570 g/mol. The molecule has 0 saturated carbocycles. The van der Waals surface area contributed by atoms with Gasteiger partial charge in [-0.05, 0) is 55.2 Å². The second-order valence-corrected chi connectivity index (χ2v) is 13.4. The van der Waals surface area contributed by atoms with Crippen LogP contribution in [-0.2, 0) is 32.6 Å². The summed E-state index contributed by atoms with van der Waals surface area (Å²) in [4.78, 5) is 29.9. The minimum Gasteiger partial charge on any atom is -0.354 e. The van der Waals surface area contributed by atoms with Gasteiger partial charge in [-0.25, -0.2) is 8.42 Å². The van der Waals surface area contributed by atoms with Crippen LogP contribution in [0, 0.1) is 19.8 Å². The van der Waals surface area contributed by atoms with Crippen molar-refractivity contribution in [3.8, 4) is 0 Å². The third kappa shape index (κ3) is 8.57. The predicted molar refractivity (Wildman–Crippen MR) is 176 cm³/mol. The fraction of sp³-hybridized carbons (Fsp3) is 0.278. The molecule has 7 nitrogen and oxygen atoms in total. The lowest BCUT2D eigenvalue weighted by Gasteiger charge is -2.34. The average molecular weight is 612 g/mol. The third-order valence-corrected chi connectivity index (χ3v) is 9.11. The number of rotatable bonds is 13. The maximum absolute atomic E-state index is 14.5. The largest absolute Gasteiger partial charge is 0.354 e. The average Bonchev–Trinajstić information content (AvgIpc) is 3.01. The first kappa shape index (κ1) is 32.5. The van der Waals surface area contributed by atoms with E-state index in [0.717, 1.165) is 26.6 Å². The molecule has 4 aromatic carbocycles. The normalized spacial score (nSPS) is 12.0. The fourth-order valence-corrected chi connectivity index (χ4v) is 6.36. The summed E-state index contributed by atoms with van der Waals surface area (Å²) >= 11 is 0. The van der Waals surface area contributed by atoms with Gasteiger partial charge in [0, 0.05) is 19.5 Å². The molecule has 4 rings (SSSR count). The van der Waals surface area contributed by atoms with Crippen molar-refractivity contribution in [3.63, 3.8) is 0 Å².